The highest BCUT2D eigenvalue weighted by Gasteiger charge is 2.25. The summed E-state index contributed by atoms with van der Waals surface area (Å²) in [7, 11) is 1.89. The van der Waals surface area contributed by atoms with E-state index in [4.69, 9.17) is 10.5 Å². The molecule has 0 aliphatic heterocycles. The van der Waals surface area contributed by atoms with Gasteiger partial charge in [-0.15, -0.1) is 0 Å². The number of rotatable bonds is 5. The van der Waals surface area contributed by atoms with E-state index in [0.29, 0.717) is 17.5 Å². The molecule has 1 aliphatic carbocycles. The molecule has 2 N–H and O–H groups in total. The van der Waals surface area contributed by atoms with Gasteiger partial charge < -0.3 is 15.4 Å². The molecule has 4 heteroatoms. The number of para-hydroxylation sites is 2. The lowest BCUT2D eigenvalue weighted by atomic mass is 9.84. The van der Waals surface area contributed by atoms with Gasteiger partial charge in [0.2, 0.25) is 0 Å². The summed E-state index contributed by atoms with van der Waals surface area (Å²) < 4.78 is 5.54. The van der Waals surface area contributed by atoms with Crippen molar-refractivity contribution >= 4 is 11.6 Å². The standard InChI is InChI=1S/C17H26N2O2/c1-3-13-8-10-14(11-9-13)19(2)17(20)12-21-16-7-5-4-6-15(16)18/h4-7,13-14H,3,8-12,18H2,1-2H3. The topological polar surface area (TPSA) is 55.6 Å². The largest absolute Gasteiger partial charge is 0.482 e. The Morgan fingerprint density at radius 2 is 1.95 bits per heavy atom. The van der Waals surface area contributed by atoms with Crippen molar-refractivity contribution in [2.45, 2.75) is 45.1 Å². The Morgan fingerprint density at radius 1 is 1.29 bits per heavy atom. The first-order chi connectivity index (χ1) is 10.1. The van der Waals surface area contributed by atoms with Crippen LogP contribution in [0.15, 0.2) is 24.3 Å². The highest BCUT2D eigenvalue weighted by molar-refractivity contribution is 5.78. The lowest BCUT2D eigenvalue weighted by Gasteiger charge is -2.34. The zero-order valence-corrected chi connectivity index (χ0v) is 13.0. The van der Waals surface area contributed by atoms with Crippen molar-refractivity contribution in [2.24, 2.45) is 5.92 Å². The number of nitrogens with two attached hydrogens (primary N) is 1. The minimum atomic E-state index is 0.0261. The average molecular weight is 290 g/mol. The molecule has 0 aromatic heterocycles. The summed E-state index contributed by atoms with van der Waals surface area (Å²) in [4.78, 5) is 14.1. The fraction of sp³-hybridized carbons (Fsp3) is 0.588. The molecule has 1 saturated carbocycles. The summed E-state index contributed by atoms with van der Waals surface area (Å²) in [5, 5.41) is 0. The van der Waals surface area contributed by atoms with Crippen molar-refractivity contribution in [3.63, 3.8) is 0 Å². The maximum absolute atomic E-state index is 12.2. The SMILES string of the molecule is CCC1CCC(N(C)C(=O)COc2ccccc2N)CC1. The van der Waals surface area contributed by atoms with E-state index in [1.807, 2.05) is 24.1 Å². The zero-order chi connectivity index (χ0) is 15.2. The number of anilines is 1. The fourth-order valence-corrected chi connectivity index (χ4v) is 3.00. The summed E-state index contributed by atoms with van der Waals surface area (Å²) in [5.74, 6) is 1.44. The van der Waals surface area contributed by atoms with Crippen molar-refractivity contribution in [3.05, 3.63) is 24.3 Å². The molecule has 1 fully saturated rings. The van der Waals surface area contributed by atoms with E-state index in [0.717, 1.165) is 18.8 Å². The van der Waals surface area contributed by atoms with Crippen LogP contribution in [0.1, 0.15) is 39.0 Å². The van der Waals surface area contributed by atoms with Crippen LogP contribution in [-0.2, 0) is 4.79 Å². The number of benzene rings is 1. The highest BCUT2D eigenvalue weighted by Crippen LogP contribution is 2.29. The van der Waals surface area contributed by atoms with E-state index >= 15 is 0 Å². The molecular formula is C17H26N2O2. The third-order valence-electron chi connectivity index (χ3n) is 4.60. The summed E-state index contributed by atoms with van der Waals surface area (Å²) in [5.41, 5.74) is 6.37. The molecule has 1 aromatic carbocycles. The molecule has 0 atom stereocenters. The molecular weight excluding hydrogens is 264 g/mol. The van der Waals surface area contributed by atoms with Crippen LogP contribution >= 0.6 is 0 Å². The van der Waals surface area contributed by atoms with E-state index in [2.05, 4.69) is 6.92 Å². The Morgan fingerprint density at radius 3 is 2.57 bits per heavy atom. The van der Waals surface area contributed by atoms with Crippen molar-refractivity contribution < 1.29 is 9.53 Å². The van der Waals surface area contributed by atoms with Gasteiger partial charge in [-0.25, -0.2) is 0 Å². The molecule has 0 saturated heterocycles. The number of carbonyl (C=O) groups is 1. The second kappa shape index (κ2) is 7.34. The zero-order valence-electron chi connectivity index (χ0n) is 13.0. The molecule has 1 aromatic rings. The van der Waals surface area contributed by atoms with Crippen molar-refractivity contribution in [3.8, 4) is 5.75 Å². The number of hydrogen-bond acceptors (Lipinski definition) is 3. The Hall–Kier alpha value is -1.71. The highest BCUT2D eigenvalue weighted by atomic mass is 16.5. The average Bonchev–Trinajstić information content (AvgIpc) is 2.53. The third-order valence-corrected chi connectivity index (χ3v) is 4.60. The molecule has 0 bridgehead atoms. The van der Waals surface area contributed by atoms with Crippen LogP contribution in [0.3, 0.4) is 0 Å². The van der Waals surface area contributed by atoms with Gasteiger partial charge in [0, 0.05) is 13.1 Å². The molecule has 0 unspecified atom stereocenters. The van der Waals surface area contributed by atoms with Crippen LogP contribution < -0.4 is 10.5 Å². The maximum atomic E-state index is 12.2. The number of likely N-dealkylation sites (N-methyl/N-ethyl adjacent to an activating group) is 1. The molecule has 0 spiro atoms. The summed E-state index contributed by atoms with van der Waals surface area (Å²) in [6.45, 7) is 2.30. The third kappa shape index (κ3) is 4.13. The Bertz CT molecular complexity index is 468. The number of hydrogen-bond donors (Lipinski definition) is 1. The molecule has 21 heavy (non-hydrogen) atoms. The Labute approximate surface area is 127 Å². The summed E-state index contributed by atoms with van der Waals surface area (Å²) in [6, 6.07) is 7.62. The van der Waals surface area contributed by atoms with Gasteiger partial charge in [-0.3, -0.25) is 4.79 Å². The van der Waals surface area contributed by atoms with Gasteiger partial charge in [0.25, 0.3) is 5.91 Å². The van der Waals surface area contributed by atoms with E-state index in [9.17, 15) is 4.79 Å². The molecule has 116 valence electrons. The first kappa shape index (κ1) is 15.7. The van der Waals surface area contributed by atoms with E-state index in [-0.39, 0.29) is 12.5 Å². The molecule has 2 rings (SSSR count). The second-order valence-corrected chi connectivity index (χ2v) is 5.91. The van der Waals surface area contributed by atoms with Crippen molar-refractivity contribution in [1.82, 2.24) is 4.90 Å². The van der Waals surface area contributed by atoms with Crippen LogP contribution in [0.25, 0.3) is 0 Å². The van der Waals surface area contributed by atoms with Gasteiger partial charge >= 0.3 is 0 Å². The van der Waals surface area contributed by atoms with E-state index in [1.54, 1.807) is 12.1 Å². The summed E-state index contributed by atoms with van der Waals surface area (Å²) in [6.07, 6.45) is 5.92. The number of ether oxygens (including phenoxy) is 1. The van der Waals surface area contributed by atoms with Crippen LogP contribution in [0.5, 0.6) is 5.75 Å². The van der Waals surface area contributed by atoms with Crippen LogP contribution in [0.4, 0.5) is 5.69 Å². The smallest absolute Gasteiger partial charge is 0.260 e. The van der Waals surface area contributed by atoms with Crippen LogP contribution in [-0.4, -0.2) is 30.5 Å². The van der Waals surface area contributed by atoms with Crippen molar-refractivity contribution in [1.29, 1.82) is 0 Å². The second-order valence-electron chi connectivity index (χ2n) is 5.91. The first-order valence-corrected chi connectivity index (χ1v) is 7.84. The van der Waals surface area contributed by atoms with Crippen molar-refractivity contribution in [2.75, 3.05) is 19.4 Å². The van der Waals surface area contributed by atoms with Gasteiger partial charge in [0.15, 0.2) is 6.61 Å². The number of amides is 1. The molecule has 1 amide bonds. The van der Waals surface area contributed by atoms with Gasteiger partial charge in [0.05, 0.1) is 5.69 Å². The van der Waals surface area contributed by atoms with Gasteiger partial charge in [-0.05, 0) is 43.7 Å². The van der Waals surface area contributed by atoms with Gasteiger partial charge in [0.1, 0.15) is 5.75 Å². The lowest BCUT2D eigenvalue weighted by molar-refractivity contribution is -0.134. The molecule has 0 radical (unpaired) electrons. The van der Waals surface area contributed by atoms with Crippen LogP contribution in [0.2, 0.25) is 0 Å². The predicted octanol–water partition coefficient (Wildman–Crippen LogP) is 3.07. The van der Waals surface area contributed by atoms with E-state index in [1.165, 1.54) is 19.3 Å². The van der Waals surface area contributed by atoms with Gasteiger partial charge in [-0.2, -0.15) is 0 Å². The Kier molecular flexibility index (Phi) is 5.48. The monoisotopic (exact) mass is 290 g/mol. The maximum Gasteiger partial charge on any atom is 0.260 e. The molecule has 1 aliphatic rings. The first-order valence-electron chi connectivity index (χ1n) is 7.84. The van der Waals surface area contributed by atoms with Crippen LogP contribution in [0, 0.1) is 5.92 Å². The lowest BCUT2D eigenvalue weighted by Crippen LogP contribution is -2.41. The number of carbonyl (C=O) groups excluding carboxylic acids is 1. The normalized spacial score (nSPS) is 21.8. The predicted molar refractivity (Wildman–Crippen MR) is 85.2 cm³/mol. The molecule has 4 nitrogen and oxygen atoms in total. The number of nitrogens with zero attached hydrogens (tertiary/aromatic N) is 1. The summed E-state index contributed by atoms with van der Waals surface area (Å²) >= 11 is 0. The number of nitrogen functional groups attached to an aromatic ring is 1. The quantitative estimate of drug-likeness (QED) is 0.848. The Balaban J connectivity index is 1.82. The fourth-order valence-electron chi connectivity index (χ4n) is 3.00. The molecule has 0 heterocycles. The minimum absolute atomic E-state index is 0.0261. The minimum Gasteiger partial charge on any atom is -0.482 e. The van der Waals surface area contributed by atoms with E-state index < -0.39 is 0 Å². The van der Waals surface area contributed by atoms with Gasteiger partial charge in [-0.1, -0.05) is 25.5 Å².